The lowest BCUT2D eigenvalue weighted by atomic mass is 10.2. The van der Waals surface area contributed by atoms with Gasteiger partial charge in [-0.25, -0.2) is 0 Å². The van der Waals surface area contributed by atoms with E-state index in [1.807, 2.05) is 37.3 Å². The fourth-order valence-corrected chi connectivity index (χ4v) is 1.52. The molecular formula is C14H21NO3. The van der Waals surface area contributed by atoms with Gasteiger partial charge in [0.25, 0.3) is 0 Å². The molecule has 1 rings (SSSR count). The lowest BCUT2D eigenvalue weighted by Crippen LogP contribution is -2.36. The van der Waals surface area contributed by atoms with Crippen LogP contribution in [-0.4, -0.2) is 30.3 Å². The second kappa shape index (κ2) is 8.53. The first-order valence-electron chi connectivity index (χ1n) is 6.34. The molecule has 4 nitrogen and oxygen atoms in total. The van der Waals surface area contributed by atoms with E-state index in [1.54, 1.807) is 0 Å². The summed E-state index contributed by atoms with van der Waals surface area (Å²) < 4.78 is 5.48. The van der Waals surface area contributed by atoms with Crippen molar-refractivity contribution in [2.75, 3.05) is 13.2 Å². The van der Waals surface area contributed by atoms with E-state index in [2.05, 4.69) is 5.32 Å². The van der Waals surface area contributed by atoms with Gasteiger partial charge in [0.1, 0.15) is 5.75 Å². The average molecular weight is 251 g/mol. The van der Waals surface area contributed by atoms with Crippen LogP contribution in [0.2, 0.25) is 0 Å². The molecule has 0 saturated carbocycles. The van der Waals surface area contributed by atoms with E-state index in [0.29, 0.717) is 19.4 Å². The van der Waals surface area contributed by atoms with Crippen LogP contribution in [0.1, 0.15) is 26.2 Å². The van der Waals surface area contributed by atoms with Crippen LogP contribution in [0, 0.1) is 0 Å². The van der Waals surface area contributed by atoms with Crippen molar-refractivity contribution in [1.82, 2.24) is 5.32 Å². The lowest BCUT2D eigenvalue weighted by Gasteiger charge is -2.13. The van der Waals surface area contributed by atoms with Gasteiger partial charge >= 0.3 is 0 Å². The molecule has 1 atom stereocenters. The van der Waals surface area contributed by atoms with Crippen LogP contribution in [0.3, 0.4) is 0 Å². The van der Waals surface area contributed by atoms with Crippen molar-refractivity contribution in [2.24, 2.45) is 0 Å². The highest BCUT2D eigenvalue weighted by atomic mass is 16.5. The SMILES string of the molecule is CCC(CO)NC(=O)CCCOc1ccccc1. The van der Waals surface area contributed by atoms with Gasteiger partial charge in [-0.05, 0) is 25.0 Å². The number of hydrogen-bond donors (Lipinski definition) is 2. The molecule has 0 saturated heterocycles. The van der Waals surface area contributed by atoms with Gasteiger partial charge in [-0.2, -0.15) is 0 Å². The van der Waals surface area contributed by atoms with Crippen LogP contribution < -0.4 is 10.1 Å². The first kappa shape index (κ1) is 14.5. The van der Waals surface area contributed by atoms with E-state index in [4.69, 9.17) is 9.84 Å². The molecule has 1 aromatic rings. The maximum atomic E-state index is 11.5. The van der Waals surface area contributed by atoms with Crippen molar-refractivity contribution in [3.63, 3.8) is 0 Å². The number of nitrogens with one attached hydrogen (secondary N) is 1. The topological polar surface area (TPSA) is 58.6 Å². The van der Waals surface area contributed by atoms with Gasteiger partial charge in [0, 0.05) is 6.42 Å². The number of rotatable bonds is 8. The summed E-state index contributed by atoms with van der Waals surface area (Å²) in [5.41, 5.74) is 0. The first-order chi connectivity index (χ1) is 8.76. The highest BCUT2D eigenvalue weighted by molar-refractivity contribution is 5.76. The summed E-state index contributed by atoms with van der Waals surface area (Å²) in [6.07, 6.45) is 1.83. The van der Waals surface area contributed by atoms with Crippen LogP contribution in [0.15, 0.2) is 30.3 Å². The molecule has 1 amide bonds. The average Bonchev–Trinajstić information content (AvgIpc) is 2.42. The molecule has 0 aliphatic heterocycles. The van der Waals surface area contributed by atoms with E-state index >= 15 is 0 Å². The van der Waals surface area contributed by atoms with Gasteiger partial charge in [0.05, 0.1) is 19.3 Å². The zero-order chi connectivity index (χ0) is 13.2. The molecule has 100 valence electrons. The second-order valence-corrected chi connectivity index (χ2v) is 4.12. The van der Waals surface area contributed by atoms with Crippen LogP contribution in [0.4, 0.5) is 0 Å². The third kappa shape index (κ3) is 5.68. The zero-order valence-corrected chi connectivity index (χ0v) is 10.8. The molecule has 1 aromatic carbocycles. The highest BCUT2D eigenvalue weighted by Gasteiger charge is 2.08. The Balaban J connectivity index is 2.12. The van der Waals surface area contributed by atoms with Crippen molar-refractivity contribution < 1.29 is 14.6 Å². The molecule has 0 fully saturated rings. The van der Waals surface area contributed by atoms with Crippen molar-refractivity contribution in [3.8, 4) is 5.75 Å². The molecular weight excluding hydrogens is 230 g/mol. The molecule has 0 heterocycles. The summed E-state index contributed by atoms with van der Waals surface area (Å²) in [5.74, 6) is 0.785. The Bertz CT molecular complexity index is 336. The van der Waals surface area contributed by atoms with Gasteiger partial charge in [0.2, 0.25) is 5.91 Å². The summed E-state index contributed by atoms with van der Waals surface area (Å²) in [6, 6.07) is 9.40. The van der Waals surface area contributed by atoms with Gasteiger partial charge in [-0.1, -0.05) is 25.1 Å². The minimum absolute atomic E-state index is 0.0112. The van der Waals surface area contributed by atoms with Crippen molar-refractivity contribution in [1.29, 1.82) is 0 Å². The predicted octanol–water partition coefficient (Wildman–Crippen LogP) is 1.73. The minimum atomic E-state index is -0.132. The normalized spacial score (nSPS) is 11.9. The molecule has 0 bridgehead atoms. The highest BCUT2D eigenvalue weighted by Crippen LogP contribution is 2.08. The number of ether oxygens (including phenoxy) is 1. The fourth-order valence-electron chi connectivity index (χ4n) is 1.52. The molecule has 4 heteroatoms. The minimum Gasteiger partial charge on any atom is -0.494 e. The maximum Gasteiger partial charge on any atom is 0.220 e. The molecule has 0 spiro atoms. The number of benzene rings is 1. The van der Waals surface area contributed by atoms with E-state index in [0.717, 1.165) is 12.2 Å². The third-order valence-corrected chi connectivity index (χ3v) is 2.64. The number of para-hydroxylation sites is 1. The van der Waals surface area contributed by atoms with Gasteiger partial charge < -0.3 is 15.2 Å². The van der Waals surface area contributed by atoms with Crippen LogP contribution in [-0.2, 0) is 4.79 Å². The molecule has 0 aliphatic rings. The third-order valence-electron chi connectivity index (χ3n) is 2.64. The van der Waals surface area contributed by atoms with Crippen LogP contribution >= 0.6 is 0 Å². The fraction of sp³-hybridized carbons (Fsp3) is 0.500. The Morgan fingerprint density at radius 3 is 2.72 bits per heavy atom. The number of amides is 1. The van der Waals surface area contributed by atoms with Gasteiger partial charge in [-0.3, -0.25) is 4.79 Å². The molecule has 0 aromatic heterocycles. The molecule has 0 radical (unpaired) electrons. The number of aliphatic hydroxyl groups is 1. The number of carbonyl (C=O) groups is 1. The predicted molar refractivity (Wildman–Crippen MR) is 70.5 cm³/mol. The monoisotopic (exact) mass is 251 g/mol. The largest absolute Gasteiger partial charge is 0.494 e. The molecule has 0 aliphatic carbocycles. The Kier molecular flexibility index (Phi) is 6.87. The van der Waals surface area contributed by atoms with E-state index in [-0.39, 0.29) is 18.6 Å². The Hall–Kier alpha value is -1.55. The van der Waals surface area contributed by atoms with E-state index in [9.17, 15) is 4.79 Å². The molecule has 2 N–H and O–H groups in total. The van der Waals surface area contributed by atoms with Crippen molar-refractivity contribution >= 4 is 5.91 Å². The standard InChI is InChI=1S/C14H21NO3/c1-2-12(11-16)15-14(17)9-6-10-18-13-7-4-3-5-8-13/h3-5,7-8,12,16H,2,6,9-11H2,1H3,(H,15,17). The zero-order valence-electron chi connectivity index (χ0n) is 10.8. The molecule has 1 unspecified atom stereocenters. The van der Waals surface area contributed by atoms with Gasteiger partial charge in [0.15, 0.2) is 0 Å². The Morgan fingerprint density at radius 2 is 2.11 bits per heavy atom. The number of aliphatic hydroxyl groups excluding tert-OH is 1. The first-order valence-corrected chi connectivity index (χ1v) is 6.34. The summed E-state index contributed by atoms with van der Waals surface area (Å²) in [4.78, 5) is 11.5. The van der Waals surface area contributed by atoms with Crippen LogP contribution in [0.25, 0.3) is 0 Å². The Morgan fingerprint density at radius 1 is 1.39 bits per heavy atom. The Labute approximate surface area is 108 Å². The van der Waals surface area contributed by atoms with Crippen LogP contribution in [0.5, 0.6) is 5.75 Å². The smallest absolute Gasteiger partial charge is 0.220 e. The van der Waals surface area contributed by atoms with Crippen molar-refractivity contribution in [3.05, 3.63) is 30.3 Å². The summed E-state index contributed by atoms with van der Waals surface area (Å²) >= 11 is 0. The summed E-state index contributed by atoms with van der Waals surface area (Å²) in [7, 11) is 0. The quantitative estimate of drug-likeness (QED) is 0.692. The van der Waals surface area contributed by atoms with E-state index < -0.39 is 0 Å². The lowest BCUT2D eigenvalue weighted by molar-refractivity contribution is -0.122. The maximum absolute atomic E-state index is 11.5. The number of carbonyl (C=O) groups excluding carboxylic acids is 1. The summed E-state index contributed by atoms with van der Waals surface area (Å²) in [5, 5.41) is 11.7. The van der Waals surface area contributed by atoms with Gasteiger partial charge in [-0.15, -0.1) is 0 Å². The van der Waals surface area contributed by atoms with E-state index in [1.165, 1.54) is 0 Å². The second-order valence-electron chi connectivity index (χ2n) is 4.12. The molecule has 18 heavy (non-hydrogen) atoms. The number of hydrogen-bond acceptors (Lipinski definition) is 3. The van der Waals surface area contributed by atoms with Crippen molar-refractivity contribution in [2.45, 2.75) is 32.2 Å². The summed E-state index contributed by atoms with van der Waals surface area (Å²) in [6.45, 7) is 2.44.